The van der Waals surface area contributed by atoms with Gasteiger partial charge in [0.15, 0.2) is 0 Å². The molecule has 0 radical (unpaired) electrons. The van der Waals surface area contributed by atoms with E-state index in [0.717, 1.165) is 11.5 Å². The van der Waals surface area contributed by atoms with E-state index in [2.05, 4.69) is 31.0 Å². The van der Waals surface area contributed by atoms with Gasteiger partial charge in [0.25, 0.3) is 0 Å². The number of hydrogen-bond donors (Lipinski definition) is 1. The Morgan fingerprint density at radius 1 is 1.29 bits per heavy atom. The summed E-state index contributed by atoms with van der Waals surface area (Å²) in [5, 5.41) is 3.65. The minimum absolute atomic E-state index is 0.151. The minimum atomic E-state index is -0.151. The number of hydrogen-bond acceptors (Lipinski definition) is 2. The van der Waals surface area contributed by atoms with Crippen LogP contribution in [0.15, 0.2) is 24.3 Å². The molecule has 1 aliphatic rings. The lowest BCUT2D eigenvalue weighted by Gasteiger charge is -2.36. The number of benzene rings is 1. The number of nitrogens with one attached hydrogen (secondary N) is 1. The zero-order chi connectivity index (χ0) is 15.2. The third-order valence-electron chi connectivity index (χ3n) is 4.74. The van der Waals surface area contributed by atoms with Crippen LogP contribution >= 0.6 is 0 Å². The van der Waals surface area contributed by atoms with Crippen LogP contribution in [0.5, 0.6) is 0 Å². The van der Waals surface area contributed by atoms with Crippen molar-refractivity contribution >= 4 is 0 Å². The van der Waals surface area contributed by atoms with Crippen LogP contribution in [0.2, 0.25) is 0 Å². The molecule has 0 bridgehead atoms. The molecule has 1 saturated heterocycles. The standard InChI is InChI=1S/C18H29FN2/c1-4-10-21-11-8-16(9-12-21)14(2)20-15(3)17-6-5-7-18(19)13-17/h5-7,13-16,20H,4,8-12H2,1-3H3. The van der Waals surface area contributed by atoms with Gasteiger partial charge in [0.2, 0.25) is 0 Å². The van der Waals surface area contributed by atoms with Gasteiger partial charge in [-0.3, -0.25) is 0 Å². The number of rotatable bonds is 6. The van der Waals surface area contributed by atoms with Crippen molar-refractivity contribution in [2.75, 3.05) is 19.6 Å². The van der Waals surface area contributed by atoms with Gasteiger partial charge in [0.1, 0.15) is 5.82 Å². The van der Waals surface area contributed by atoms with Gasteiger partial charge in [-0.1, -0.05) is 19.1 Å². The molecule has 2 unspecified atom stereocenters. The largest absolute Gasteiger partial charge is 0.307 e. The lowest BCUT2D eigenvalue weighted by atomic mass is 9.89. The van der Waals surface area contributed by atoms with Crippen LogP contribution in [-0.2, 0) is 0 Å². The quantitative estimate of drug-likeness (QED) is 0.853. The van der Waals surface area contributed by atoms with Crippen molar-refractivity contribution in [3.05, 3.63) is 35.6 Å². The van der Waals surface area contributed by atoms with Crippen LogP contribution in [-0.4, -0.2) is 30.6 Å². The Balaban J connectivity index is 1.83. The van der Waals surface area contributed by atoms with E-state index in [9.17, 15) is 4.39 Å². The highest BCUT2D eigenvalue weighted by Crippen LogP contribution is 2.23. The highest BCUT2D eigenvalue weighted by Gasteiger charge is 2.24. The van der Waals surface area contributed by atoms with Gasteiger partial charge >= 0.3 is 0 Å². The van der Waals surface area contributed by atoms with Gasteiger partial charge in [0.05, 0.1) is 0 Å². The molecule has 1 aliphatic heterocycles. The highest BCUT2D eigenvalue weighted by molar-refractivity contribution is 5.19. The average Bonchev–Trinajstić information content (AvgIpc) is 2.48. The molecule has 118 valence electrons. The van der Waals surface area contributed by atoms with Crippen molar-refractivity contribution in [3.8, 4) is 0 Å². The summed E-state index contributed by atoms with van der Waals surface area (Å²) in [7, 11) is 0. The Kier molecular flexibility index (Phi) is 6.19. The van der Waals surface area contributed by atoms with Crippen LogP contribution in [0.4, 0.5) is 4.39 Å². The normalized spacial score (nSPS) is 20.4. The first kappa shape index (κ1) is 16.4. The molecule has 1 fully saturated rings. The van der Waals surface area contributed by atoms with E-state index in [1.807, 2.05) is 6.07 Å². The molecule has 0 spiro atoms. The van der Waals surface area contributed by atoms with Crippen LogP contribution in [0, 0.1) is 11.7 Å². The summed E-state index contributed by atoms with van der Waals surface area (Å²) in [6.07, 6.45) is 3.78. The zero-order valence-corrected chi connectivity index (χ0v) is 13.6. The molecule has 2 rings (SSSR count). The molecule has 3 heteroatoms. The second-order valence-electron chi connectivity index (χ2n) is 6.41. The maximum atomic E-state index is 13.3. The first-order valence-corrected chi connectivity index (χ1v) is 8.34. The molecule has 0 aliphatic carbocycles. The van der Waals surface area contributed by atoms with Gasteiger partial charge < -0.3 is 10.2 Å². The summed E-state index contributed by atoms with van der Waals surface area (Å²) < 4.78 is 13.3. The molecular weight excluding hydrogens is 263 g/mol. The third-order valence-corrected chi connectivity index (χ3v) is 4.74. The molecule has 0 saturated carbocycles. The number of likely N-dealkylation sites (tertiary alicyclic amines) is 1. The van der Waals surface area contributed by atoms with Crippen LogP contribution in [0.1, 0.15) is 51.6 Å². The Bertz CT molecular complexity index is 427. The van der Waals surface area contributed by atoms with E-state index in [4.69, 9.17) is 0 Å². The fourth-order valence-corrected chi connectivity index (χ4v) is 3.40. The van der Waals surface area contributed by atoms with E-state index in [1.54, 1.807) is 12.1 Å². The first-order valence-electron chi connectivity index (χ1n) is 8.34. The molecule has 1 aromatic rings. The van der Waals surface area contributed by atoms with Crippen LogP contribution in [0.3, 0.4) is 0 Å². The second-order valence-corrected chi connectivity index (χ2v) is 6.41. The van der Waals surface area contributed by atoms with Gasteiger partial charge in [0, 0.05) is 12.1 Å². The second kappa shape index (κ2) is 7.90. The Morgan fingerprint density at radius 3 is 2.62 bits per heavy atom. The Labute approximate surface area is 128 Å². The lowest BCUT2D eigenvalue weighted by molar-refractivity contribution is 0.159. The van der Waals surface area contributed by atoms with Gasteiger partial charge in [-0.05, 0) is 76.4 Å². The van der Waals surface area contributed by atoms with Crippen LogP contribution in [0.25, 0.3) is 0 Å². The molecule has 2 nitrogen and oxygen atoms in total. The summed E-state index contributed by atoms with van der Waals surface area (Å²) in [5.41, 5.74) is 1.03. The monoisotopic (exact) mass is 292 g/mol. The molecule has 2 atom stereocenters. The van der Waals surface area contributed by atoms with Crippen molar-refractivity contribution in [2.24, 2.45) is 5.92 Å². The predicted molar refractivity (Wildman–Crippen MR) is 86.9 cm³/mol. The van der Waals surface area contributed by atoms with E-state index in [-0.39, 0.29) is 11.9 Å². The van der Waals surface area contributed by atoms with E-state index in [1.165, 1.54) is 45.0 Å². The Morgan fingerprint density at radius 2 is 2.00 bits per heavy atom. The van der Waals surface area contributed by atoms with Crippen LogP contribution < -0.4 is 5.32 Å². The van der Waals surface area contributed by atoms with Crippen molar-refractivity contribution in [1.82, 2.24) is 10.2 Å². The van der Waals surface area contributed by atoms with E-state index in [0.29, 0.717) is 6.04 Å². The van der Waals surface area contributed by atoms with Gasteiger partial charge in [-0.15, -0.1) is 0 Å². The Hall–Kier alpha value is -0.930. The fraction of sp³-hybridized carbons (Fsp3) is 0.667. The maximum absolute atomic E-state index is 13.3. The van der Waals surface area contributed by atoms with Gasteiger partial charge in [-0.25, -0.2) is 4.39 Å². The third kappa shape index (κ3) is 4.79. The summed E-state index contributed by atoms with van der Waals surface area (Å²) >= 11 is 0. The molecule has 1 aromatic carbocycles. The predicted octanol–water partition coefficient (Wildman–Crippen LogP) is 3.99. The topological polar surface area (TPSA) is 15.3 Å². The van der Waals surface area contributed by atoms with Crippen molar-refractivity contribution in [3.63, 3.8) is 0 Å². The highest BCUT2D eigenvalue weighted by atomic mass is 19.1. The summed E-state index contributed by atoms with van der Waals surface area (Å²) in [6, 6.07) is 7.60. The first-order chi connectivity index (χ1) is 10.1. The summed E-state index contributed by atoms with van der Waals surface area (Å²) in [6.45, 7) is 10.3. The molecule has 1 heterocycles. The molecule has 21 heavy (non-hydrogen) atoms. The number of halogens is 1. The molecular formula is C18H29FN2. The van der Waals surface area contributed by atoms with Crippen molar-refractivity contribution < 1.29 is 4.39 Å². The summed E-state index contributed by atoms with van der Waals surface area (Å²) in [4.78, 5) is 2.57. The average molecular weight is 292 g/mol. The molecule has 1 N–H and O–H groups in total. The maximum Gasteiger partial charge on any atom is 0.123 e. The zero-order valence-electron chi connectivity index (χ0n) is 13.6. The van der Waals surface area contributed by atoms with Crippen molar-refractivity contribution in [1.29, 1.82) is 0 Å². The smallest absolute Gasteiger partial charge is 0.123 e. The fourth-order valence-electron chi connectivity index (χ4n) is 3.40. The molecule has 0 aromatic heterocycles. The molecule has 0 amide bonds. The lowest BCUT2D eigenvalue weighted by Crippen LogP contribution is -2.42. The number of piperidine rings is 1. The van der Waals surface area contributed by atoms with Gasteiger partial charge in [-0.2, -0.15) is 0 Å². The minimum Gasteiger partial charge on any atom is -0.307 e. The summed E-state index contributed by atoms with van der Waals surface area (Å²) in [5.74, 6) is 0.579. The number of nitrogens with zero attached hydrogens (tertiary/aromatic N) is 1. The van der Waals surface area contributed by atoms with E-state index < -0.39 is 0 Å². The van der Waals surface area contributed by atoms with E-state index >= 15 is 0 Å². The SMILES string of the molecule is CCCN1CCC(C(C)NC(C)c2cccc(F)c2)CC1. The van der Waals surface area contributed by atoms with Crippen molar-refractivity contribution in [2.45, 2.75) is 52.1 Å².